The first-order valence-corrected chi connectivity index (χ1v) is 9.59. The number of sulfonamides is 1. The van der Waals surface area contributed by atoms with E-state index in [1.165, 1.54) is 10.6 Å². The fourth-order valence-electron chi connectivity index (χ4n) is 3.07. The zero-order chi connectivity index (χ0) is 16.6. The van der Waals surface area contributed by atoms with E-state index in [1.807, 2.05) is 30.7 Å². The molecule has 0 spiro atoms. The van der Waals surface area contributed by atoms with Gasteiger partial charge in [-0.2, -0.15) is 9.40 Å². The van der Waals surface area contributed by atoms with E-state index in [4.69, 9.17) is 0 Å². The van der Waals surface area contributed by atoms with Crippen LogP contribution < -0.4 is 0 Å². The summed E-state index contributed by atoms with van der Waals surface area (Å²) < 4.78 is 27.3. The van der Waals surface area contributed by atoms with E-state index in [-0.39, 0.29) is 6.04 Å². The van der Waals surface area contributed by atoms with Gasteiger partial charge in [0.1, 0.15) is 5.82 Å². The number of nitrogens with zero attached hydrogens (tertiary/aromatic N) is 5. The summed E-state index contributed by atoms with van der Waals surface area (Å²) in [6, 6.07) is 3.55. The van der Waals surface area contributed by atoms with Crippen LogP contribution in [0.25, 0.3) is 11.4 Å². The summed E-state index contributed by atoms with van der Waals surface area (Å²) in [4.78, 5) is 9.15. The Hall–Kier alpha value is -1.80. The Bertz CT molecular complexity index is 815. The van der Waals surface area contributed by atoms with Crippen molar-refractivity contribution in [3.63, 3.8) is 0 Å². The van der Waals surface area contributed by atoms with Gasteiger partial charge < -0.3 is 0 Å². The number of rotatable bonds is 4. The van der Waals surface area contributed by atoms with Crippen molar-refractivity contribution in [2.75, 3.05) is 12.8 Å². The Morgan fingerprint density at radius 2 is 2.13 bits per heavy atom. The van der Waals surface area contributed by atoms with Gasteiger partial charge in [-0.05, 0) is 38.8 Å². The maximum atomic E-state index is 12.0. The minimum absolute atomic E-state index is 0.276. The van der Waals surface area contributed by atoms with Crippen LogP contribution in [0.1, 0.15) is 37.3 Å². The number of hydrogen-bond donors (Lipinski definition) is 0. The summed E-state index contributed by atoms with van der Waals surface area (Å²) in [5.74, 6) is 0.576. The van der Waals surface area contributed by atoms with Gasteiger partial charge in [-0.1, -0.05) is 0 Å². The summed E-state index contributed by atoms with van der Waals surface area (Å²) in [5, 5.41) is 4.27. The number of aromatic nitrogens is 4. The minimum atomic E-state index is -3.26. The van der Waals surface area contributed by atoms with Gasteiger partial charge in [0, 0.05) is 25.0 Å². The van der Waals surface area contributed by atoms with Crippen LogP contribution in [0.4, 0.5) is 0 Å². The van der Waals surface area contributed by atoms with E-state index < -0.39 is 10.0 Å². The molecule has 3 rings (SSSR count). The Labute approximate surface area is 136 Å². The van der Waals surface area contributed by atoms with Crippen molar-refractivity contribution in [3.05, 3.63) is 29.8 Å². The number of aryl methyl sites for hydroxylation is 2. The lowest BCUT2D eigenvalue weighted by Crippen LogP contribution is -2.30. The van der Waals surface area contributed by atoms with Crippen LogP contribution in [-0.2, 0) is 16.6 Å². The molecule has 1 aliphatic heterocycles. The molecule has 7 nitrogen and oxygen atoms in total. The molecule has 0 bridgehead atoms. The zero-order valence-electron chi connectivity index (χ0n) is 13.6. The van der Waals surface area contributed by atoms with Crippen molar-refractivity contribution in [3.8, 4) is 11.4 Å². The molecular weight excluding hydrogens is 314 g/mol. The second kappa shape index (κ2) is 6.01. The van der Waals surface area contributed by atoms with Gasteiger partial charge in [0.05, 0.1) is 23.7 Å². The van der Waals surface area contributed by atoms with Crippen molar-refractivity contribution in [2.45, 2.75) is 39.3 Å². The first kappa shape index (κ1) is 16.1. The van der Waals surface area contributed by atoms with E-state index in [1.54, 1.807) is 6.20 Å². The molecule has 1 fully saturated rings. The molecule has 0 N–H and O–H groups in total. The minimum Gasteiger partial charge on any atom is -0.264 e. The molecular formula is C15H21N5O2S. The van der Waals surface area contributed by atoms with E-state index in [0.717, 1.165) is 36.5 Å². The Morgan fingerprint density at radius 3 is 2.83 bits per heavy atom. The average Bonchev–Trinajstić information content (AvgIpc) is 3.15. The maximum Gasteiger partial charge on any atom is 0.211 e. The normalized spacial score (nSPS) is 19.3. The van der Waals surface area contributed by atoms with Crippen LogP contribution in [-0.4, -0.2) is 45.3 Å². The van der Waals surface area contributed by atoms with Crippen LogP contribution in [0.15, 0.2) is 18.3 Å². The maximum absolute atomic E-state index is 12.0. The van der Waals surface area contributed by atoms with Gasteiger partial charge in [-0.15, -0.1) is 0 Å². The molecule has 0 aliphatic carbocycles. The van der Waals surface area contributed by atoms with Gasteiger partial charge in [-0.3, -0.25) is 4.68 Å². The van der Waals surface area contributed by atoms with Crippen LogP contribution >= 0.6 is 0 Å². The molecule has 124 valence electrons. The van der Waals surface area contributed by atoms with Crippen molar-refractivity contribution in [1.29, 1.82) is 0 Å². The lowest BCUT2D eigenvalue weighted by Gasteiger charge is -2.21. The van der Waals surface area contributed by atoms with E-state index in [9.17, 15) is 8.42 Å². The highest BCUT2D eigenvalue weighted by molar-refractivity contribution is 7.88. The molecule has 1 aliphatic rings. The molecule has 23 heavy (non-hydrogen) atoms. The largest absolute Gasteiger partial charge is 0.264 e. The topological polar surface area (TPSA) is 81.0 Å². The third-order valence-corrected chi connectivity index (χ3v) is 5.37. The highest BCUT2D eigenvalue weighted by atomic mass is 32.2. The monoisotopic (exact) mass is 335 g/mol. The van der Waals surface area contributed by atoms with Gasteiger partial charge in [-0.25, -0.2) is 18.4 Å². The molecule has 1 saturated heterocycles. The van der Waals surface area contributed by atoms with Crippen LogP contribution in [0.2, 0.25) is 0 Å². The molecule has 0 saturated carbocycles. The van der Waals surface area contributed by atoms with Crippen molar-refractivity contribution in [2.24, 2.45) is 0 Å². The molecule has 0 aromatic carbocycles. The fourth-order valence-corrected chi connectivity index (χ4v) is 4.19. The molecule has 0 radical (unpaired) electrons. The van der Waals surface area contributed by atoms with E-state index >= 15 is 0 Å². The van der Waals surface area contributed by atoms with Crippen LogP contribution in [0.3, 0.4) is 0 Å². The third kappa shape index (κ3) is 3.13. The first-order chi connectivity index (χ1) is 10.9. The molecule has 3 heterocycles. The Morgan fingerprint density at radius 1 is 1.35 bits per heavy atom. The molecule has 8 heteroatoms. The smallest absolute Gasteiger partial charge is 0.211 e. The molecule has 2 aromatic heterocycles. The van der Waals surface area contributed by atoms with Gasteiger partial charge >= 0.3 is 0 Å². The van der Waals surface area contributed by atoms with E-state index in [0.29, 0.717) is 12.4 Å². The Balaban J connectivity index is 2.05. The zero-order valence-corrected chi connectivity index (χ0v) is 14.4. The standard InChI is InChI=1S/C15H21N5O2S/c1-4-19-13(7-8-16-19)12-10-11(2)17-15(18-12)14-6-5-9-20(14)23(3,21)22/h7-8,10,14H,4-6,9H2,1-3H3. The predicted octanol–water partition coefficient (Wildman–Crippen LogP) is 1.76. The summed E-state index contributed by atoms with van der Waals surface area (Å²) >= 11 is 0. The van der Waals surface area contributed by atoms with Crippen molar-refractivity contribution >= 4 is 10.0 Å². The highest BCUT2D eigenvalue weighted by Gasteiger charge is 2.34. The lowest BCUT2D eigenvalue weighted by atomic mass is 10.2. The van der Waals surface area contributed by atoms with Gasteiger partial charge in [0.15, 0.2) is 0 Å². The van der Waals surface area contributed by atoms with Gasteiger partial charge in [0.25, 0.3) is 0 Å². The second-order valence-corrected chi connectivity index (χ2v) is 7.75. The number of hydrogen-bond acceptors (Lipinski definition) is 5. The predicted molar refractivity (Wildman–Crippen MR) is 87.2 cm³/mol. The fraction of sp³-hybridized carbons (Fsp3) is 0.533. The summed E-state index contributed by atoms with van der Waals surface area (Å²) in [7, 11) is -3.26. The third-order valence-electron chi connectivity index (χ3n) is 4.08. The first-order valence-electron chi connectivity index (χ1n) is 7.74. The highest BCUT2D eigenvalue weighted by Crippen LogP contribution is 2.33. The van der Waals surface area contributed by atoms with Gasteiger partial charge in [0.2, 0.25) is 10.0 Å². The summed E-state index contributed by atoms with van der Waals surface area (Å²) in [6.07, 6.45) is 4.57. The molecule has 1 unspecified atom stereocenters. The quantitative estimate of drug-likeness (QED) is 0.850. The SMILES string of the molecule is CCn1nccc1-c1cc(C)nc(C2CCCN2S(C)(=O)=O)n1. The van der Waals surface area contributed by atoms with Crippen molar-refractivity contribution < 1.29 is 8.42 Å². The molecule has 1 atom stereocenters. The molecule has 0 amide bonds. The second-order valence-electron chi connectivity index (χ2n) is 5.82. The molecule has 2 aromatic rings. The van der Waals surface area contributed by atoms with Crippen molar-refractivity contribution in [1.82, 2.24) is 24.1 Å². The van der Waals surface area contributed by atoms with Crippen LogP contribution in [0.5, 0.6) is 0 Å². The Kier molecular flexibility index (Phi) is 4.20. The van der Waals surface area contributed by atoms with Crippen LogP contribution in [0, 0.1) is 6.92 Å². The lowest BCUT2D eigenvalue weighted by molar-refractivity contribution is 0.386. The van der Waals surface area contributed by atoms with E-state index in [2.05, 4.69) is 15.1 Å². The summed E-state index contributed by atoms with van der Waals surface area (Å²) in [5.41, 5.74) is 2.53. The summed E-state index contributed by atoms with van der Waals surface area (Å²) in [6.45, 7) is 5.21. The average molecular weight is 335 g/mol.